The van der Waals surface area contributed by atoms with Gasteiger partial charge < -0.3 is 14.9 Å². The predicted molar refractivity (Wildman–Crippen MR) is 99.1 cm³/mol. The van der Waals surface area contributed by atoms with Crippen LogP contribution in [0.4, 0.5) is 9.18 Å². The molecule has 0 aliphatic carbocycles. The number of nitrogens with zero attached hydrogens (tertiary/aromatic N) is 2. The van der Waals surface area contributed by atoms with E-state index in [0.29, 0.717) is 36.7 Å². The highest BCUT2D eigenvalue weighted by Crippen LogP contribution is 2.35. The van der Waals surface area contributed by atoms with Crippen LogP contribution in [-0.4, -0.2) is 52.6 Å². The predicted octanol–water partition coefficient (Wildman–Crippen LogP) is 3.63. The summed E-state index contributed by atoms with van der Waals surface area (Å²) in [6.45, 7) is 3.01. The molecule has 2 aliphatic rings. The molecule has 0 aromatic heterocycles. The molecule has 5 nitrogen and oxygen atoms in total. The van der Waals surface area contributed by atoms with E-state index in [-0.39, 0.29) is 17.5 Å². The Labute approximate surface area is 157 Å². The van der Waals surface area contributed by atoms with Gasteiger partial charge in [-0.3, -0.25) is 4.79 Å². The monoisotopic (exact) mass is 368 g/mol. The highest BCUT2D eigenvalue weighted by Gasteiger charge is 2.46. The fourth-order valence-electron chi connectivity index (χ4n) is 4.11. The molecule has 0 bridgehead atoms. The second-order valence-corrected chi connectivity index (χ2v) is 7.29. The summed E-state index contributed by atoms with van der Waals surface area (Å²) >= 11 is 0. The lowest BCUT2D eigenvalue weighted by Gasteiger charge is -2.52. The molecule has 2 unspecified atom stereocenters. The zero-order chi connectivity index (χ0) is 19.1. The minimum absolute atomic E-state index is 0.0702. The summed E-state index contributed by atoms with van der Waals surface area (Å²) in [5.74, 6) is -0.584. The van der Waals surface area contributed by atoms with E-state index in [1.54, 1.807) is 24.0 Å². The van der Waals surface area contributed by atoms with Crippen LogP contribution >= 0.6 is 0 Å². The summed E-state index contributed by atoms with van der Waals surface area (Å²) in [5, 5.41) is 9.25. The molecule has 0 radical (unpaired) electrons. The van der Waals surface area contributed by atoms with Gasteiger partial charge in [0.1, 0.15) is 5.82 Å². The number of carboxylic acid groups (broad SMARTS) is 1. The van der Waals surface area contributed by atoms with Gasteiger partial charge in [-0.15, -0.1) is 0 Å². The number of hydrogen-bond acceptors (Lipinski definition) is 2. The molecule has 2 atom stereocenters. The van der Waals surface area contributed by atoms with Gasteiger partial charge in [0, 0.05) is 25.6 Å². The first kappa shape index (κ1) is 17.5. The first-order valence-corrected chi connectivity index (χ1v) is 9.10. The van der Waals surface area contributed by atoms with Crippen molar-refractivity contribution < 1.29 is 19.1 Å². The van der Waals surface area contributed by atoms with Crippen molar-refractivity contribution in [1.82, 2.24) is 9.80 Å². The van der Waals surface area contributed by atoms with E-state index >= 15 is 0 Å². The van der Waals surface area contributed by atoms with Crippen molar-refractivity contribution >= 4 is 12.0 Å². The Morgan fingerprint density at radius 3 is 2.56 bits per heavy atom. The quantitative estimate of drug-likeness (QED) is 0.881. The van der Waals surface area contributed by atoms with Crippen molar-refractivity contribution in [3.05, 3.63) is 59.4 Å². The number of amides is 2. The van der Waals surface area contributed by atoms with Gasteiger partial charge in [0.15, 0.2) is 0 Å². The largest absolute Gasteiger partial charge is 0.465 e. The molecule has 27 heavy (non-hydrogen) atoms. The standard InChI is InChI=1S/C21H21FN2O3/c1-13-7-8-16(14-5-3-2-4-6-14)18(19(13)22)20(25)23-10-9-15-11-24(21(26)27)17(15)12-23/h2-8,15,17H,9-12H2,1H3,(H,26,27). The number of fused-ring (bicyclic) bond motifs is 1. The summed E-state index contributed by atoms with van der Waals surface area (Å²) < 4.78 is 15.0. The summed E-state index contributed by atoms with van der Waals surface area (Å²) in [6.07, 6.45) is -0.217. The Kier molecular flexibility index (Phi) is 4.34. The summed E-state index contributed by atoms with van der Waals surface area (Å²) in [6, 6.07) is 12.6. The lowest BCUT2D eigenvalue weighted by molar-refractivity contribution is -0.0243. The van der Waals surface area contributed by atoms with Crippen LogP contribution in [0.25, 0.3) is 11.1 Å². The summed E-state index contributed by atoms with van der Waals surface area (Å²) in [5.41, 5.74) is 1.84. The number of piperidine rings is 1. The third kappa shape index (κ3) is 2.95. The van der Waals surface area contributed by atoms with Gasteiger partial charge in [0.2, 0.25) is 0 Å². The Bertz CT molecular complexity index is 900. The van der Waals surface area contributed by atoms with Crippen LogP contribution in [0.15, 0.2) is 42.5 Å². The van der Waals surface area contributed by atoms with Gasteiger partial charge in [-0.2, -0.15) is 0 Å². The Morgan fingerprint density at radius 1 is 1.11 bits per heavy atom. The molecular weight excluding hydrogens is 347 g/mol. The first-order valence-electron chi connectivity index (χ1n) is 9.10. The van der Waals surface area contributed by atoms with Crippen molar-refractivity contribution in [1.29, 1.82) is 0 Å². The lowest BCUT2D eigenvalue weighted by atomic mass is 9.82. The normalized spacial score (nSPS) is 21.4. The van der Waals surface area contributed by atoms with Crippen LogP contribution < -0.4 is 0 Å². The molecule has 140 valence electrons. The van der Waals surface area contributed by atoms with Gasteiger partial charge >= 0.3 is 6.09 Å². The zero-order valence-corrected chi connectivity index (χ0v) is 15.1. The van der Waals surface area contributed by atoms with E-state index in [1.807, 2.05) is 30.3 Å². The maximum absolute atomic E-state index is 15.0. The fraction of sp³-hybridized carbons (Fsp3) is 0.333. The number of carbonyl (C=O) groups excluding carboxylic acids is 1. The number of benzene rings is 2. The number of hydrogen-bond donors (Lipinski definition) is 1. The molecule has 2 fully saturated rings. The molecule has 1 N–H and O–H groups in total. The number of halogens is 1. The van der Waals surface area contributed by atoms with Crippen molar-refractivity contribution in [2.24, 2.45) is 5.92 Å². The molecular formula is C21H21FN2O3. The average Bonchev–Trinajstić information content (AvgIpc) is 2.64. The zero-order valence-electron chi connectivity index (χ0n) is 15.1. The second-order valence-electron chi connectivity index (χ2n) is 7.29. The minimum atomic E-state index is -0.961. The van der Waals surface area contributed by atoms with Gasteiger partial charge in [0.05, 0.1) is 11.6 Å². The van der Waals surface area contributed by atoms with Crippen LogP contribution in [0.5, 0.6) is 0 Å². The van der Waals surface area contributed by atoms with Gasteiger partial charge in [-0.25, -0.2) is 9.18 Å². The van der Waals surface area contributed by atoms with Crippen molar-refractivity contribution in [2.75, 3.05) is 19.6 Å². The first-order chi connectivity index (χ1) is 13.0. The maximum Gasteiger partial charge on any atom is 0.407 e. The molecule has 4 rings (SSSR count). The lowest BCUT2D eigenvalue weighted by Crippen LogP contribution is -2.66. The van der Waals surface area contributed by atoms with Gasteiger partial charge in [-0.05, 0) is 30.0 Å². The van der Waals surface area contributed by atoms with Gasteiger partial charge in [0.25, 0.3) is 5.91 Å². The van der Waals surface area contributed by atoms with Gasteiger partial charge in [-0.1, -0.05) is 42.5 Å². The highest BCUT2D eigenvalue weighted by atomic mass is 19.1. The van der Waals surface area contributed by atoms with Crippen LogP contribution in [0.3, 0.4) is 0 Å². The molecule has 2 amide bonds. The van der Waals surface area contributed by atoms with E-state index in [1.165, 1.54) is 4.90 Å². The van der Waals surface area contributed by atoms with Crippen LogP contribution in [0.1, 0.15) is 22.3 Å². The molecule has 2 aliphatic heterocycles. The minimum Gasteiger partial charge on any atom is -0.465 e. The van der Waals surface area contributed by atoms with Crippen LogP contribution in [0, 0.1) is 18.7 Å². The van der Waals surface area contributed by atoms with E-state index in [9.17, 15) is 19.1 Å². The SMILES string of the molecule is Cc1ccc(-c2ccccc2)c(C(=O)N2CCC3CN(C(=O)O)C3C2)c1F. The Hall–Kier alpha value is -2.89. The molecule has 0 spiro atoms. The maximum atomic E-state index is 15.0. The van der Waals surface area contributed by atoms with Crippen molar-refractivity contribution in [3.63, 3.8) is 0 Å². The smallest absolute Gasteiger partial charge is 0.407 e. The molecule has 2 aromatic carbocycles. The Balaban J connectivity index is 1.68. The topological polar surface area (TPSA) is 60.9 Å². The van der Waals surface area contributed by atoms with Crippen LogP contribution in [-0.2, 0) is 0 Å². The molecule has 2 heterocycles. The molecule has 2 aromatic rings. The van der Waals surface area contributed by atoms with Crippen LogP contribution in [0.2, 0.25) is 0 Å². The number of carbonyl (C=O) groups is 2. The van der Waals surface area contributed by atoms with Crippen molar-refractivity contribution in [3.8, 4) is 11.1 Å². The number of rotatable bonds is 2. The van der Waals surface area contributed by atoms with E-state index in [2.05, 4.69) is 0 Å². The van der Waals surface area contributed by atoms with E-state index in [0.717, 1.165) is 12.0 Å². The Morgan fingerprint density at radius 2 is 1.85 bits per heavy atom. The molecule has 0 saturated carbocycles. The highest BCUT2D eigenvalue weighted by molar-refractivity contribution is 6.01. The molecule has 2 saturated heterocycles. The van der Waals surface area contributed by atoms with E-state index in [4.69, 9.17) is 0 Å². The van der Waals surface area contributed by atoms with E-state index < -0.39 is 11.9 Å². The third-order valence-electron chi connectivity index (χ3n) is 5.72. The summed E-state index contributed by atoms with van der Waals surface area (Å²) in [7, 11) is 0. The summed E-state index contributed by atoms with van der Waals surface area (Å²) in [4.78, 5) is 27.5. The fourth-order valence-corrected chi connectivity index (χ4v) is 4.11. The average molecular weight is 368 g/mol. The van der Waals surface area contributed by atoms with Crippen molar-refractivity contribution in [2.45, 2.75) is 19.4 Å². The molecule has 6 heteroatoms. The number of likely N-dealkylation sites (tertiary alicyclic amines) is 2. The second kappa shape index (κ2) is 6.68. The third-order valence-corrected chi connectivity index (χ3v) is 5.72. The number of aryl methyl sites for hydroxylation is 1.